The smallest absolute Gasteiger partial charge is 0.191 e. The maximum Gasteiger partial charge on any atom is 0.191 e. The molecule has 0 amide bonds. The number of ether oxygens (including phenoxy) is 1. The van der Waals surface area contributed by atoms with Crippen molar-refractivity contribution in [2.24, 2.45) is 4.99 Å². The lowest BCUT2D eigenvalue weighted by Gasteiger charge is -2.15. The molecule has 1 unspecified atom stereocenters. The molecule has 1 aromatic heterocycles. The number of rotatable bonds is 7. The number of para-hydroxylation sites is 1. The Hall–Kier alpha value is -2.55. The maximum absolute atomic E-state index is 6.00. The SMILES string of the molecule is CCNC(=NCc1ccc(Cn2ccnc2)cc1)NCC1Cc2ccccc2O1.I. The Balaban J connectivity index is 0.00000256. The summed E-state index contributed by atoms with van der Waals surface area (Å²) >= 11 is 0. The van der Waals surface area contributed by atoms with Crippen LogP contribution in [-0.2, 0) is 19.5 Å². The highest BCUT2D eigenvalue weighted by atomic mass is 127. The second-order valence-corrected chi connectivity index (χ2v) is 7.18. The molecule has 0 saturated carbocycles. The number of hydrogen-bond acceptors (Lipinski definition) is 3. The molecule has 0 spiro atoms. The molecule has 0 bridgehead atoms. The Morgan fingerprint density at radius 1 is 1.13 bits per heavy atom. The largest absolute Gasteiger partial charge is 0.488 e. The number of nitrogens with zero attached hydrogens (tertiary/aromatic N) is 3. The van der Waals surface area contributed by atoms with Crippen LogP contribution >= 0.6 is 24.0 Å². The number of imidazole rings is 1. The minimum atomic E-state index is 0. The van der Waals surface area contributed by atoms with Crippen molar-refractivity contribution < 1.29 is 4.74 Å². The third-order valence-electron chi connectivity index (χ3n) is 4.92. The average molecular weight is 517 g/mol. The van der Waals surface area contributed by atoms with E-state index in [0.29, 0.717) is 6.54 Å². The number of halogens is 1. The molecule has 0 radical (unpaired) electrons. The molecule has 7 heteroatoms. The second kappa shape index (κ2) is 11.0. The van der Waals surface area contributed by atoms with Gasteiger partial charge in [0.25, 0.3) is 0 Å². The van der Waals surface area contributed by atoms with Crippen molar-refractivity contribution in [3.05, 3.63) is 83.9 Å². The molecule has 158 valence electrons. The number of fused-ring (bicyclic) bond motifs is 1. The van der Waals surface area contributed by atoms with E-state index in [1.807, 2.05) is 24.7 Å². The third kappa shape index (κ3) is 5.98. The molecule has 2 heterocycles. The van der Waals surface area contributed by atoms with Crippen LogP contribution in [0.1, 0.15) is 23.6 Å². The van der Waals surface area contributed by atoms with E-state index in [1.54, 1.807) is 6.20 Å². The van der Waals surface area contributed by atoms with Crippen LogP contribution in [0.15, 0.2) is 72.2 Å². The summed E-state index contributed by atoms with van der Waals surface area (Å²) in [5.41, 5.74) is 3.71. The van der Waals surface area contributed by atoms with Crippen molar-refractivity contribution in [3.63, 3.8) is 0 Å². The lowest BCUT2D eigenvalue weighted by molar-refractivity contribution is 0.235. The molecule has 1 aliphatic heterocycles. The van der Waals surface area contributed by atoms with Gasteiger partial charge in [0.2, 0.25) is 0 Å². The predicted molar refractivity (Wildman–Crippen MR) is 131 cm³/mol. The zero-order valence-corrected chi connectivity index (χ0v) is 19.5. The molecular weight excluding hydrogens is 489 g/mol. The molecule has 0 aliphatic carbocycles. The van der Waals surface area contributed by atoms with Gasteiger partial charge in [-0.1, -0.05) is 42.5 Å². The van der Waals surface area contributed by atoms with Crippen LogP contribution in [0.5, 0.6) is 5.75 Å². The summed E-state index contributed by atoms with van der Waals surface area (Å²) in [6.45, 7) is 5.08. The predicted octanol–water partition coefficient (Wildman–Crippen LogP) is 3.61. The van der Waals surface area contributed by atoms with E-state index in [2.05, 4.69) is 63.5 Å². The topological polar surface area (TPSA) is 63.5 Å². The molecule has 2 aromatic carbocycles. The van der Waals surface area contributed by atoms with Crippen LogP contribution in [0.3, 0.4) is 0 Å². The van der Waals surface area contributed by atoms with Gasteiger partial charge in [-0.2, -0.15) is 0 Å². The highest BCUT2D eigenvalue weighted by molar-refractivity contribution is 14.0. The summed E-state index contributed by atoms with van der Waals surface area (Å²) in [5.74, 6) is 1.81. The van der Waals surface area contributed by atoms with E-state index in [-0.39, 0.29) is 30.1 Å². The molecule has 2 N–H and O–H groups in total. The average Bonchev–Trinajstić information content (AvgIpc) is 3.40. The van der Waals surface area contributed by atoms with Gasteiger partial charge in [0.15, 0.2) is 5.96 Å². The van der Waals surface area contributed by atoms with Crippen LogP contribution in [0.4, 0.5) is 0 Å². The molecule has 0 saturated heterocycles. The van der Waals surface area contributed by atoms with Crippen molar-refractivity contribution in [2.75, 3.05) is 13.1 Å². The Morgan fingerprint density at radius 3 is 2.67 bits per heavy atom. The van der Waals surface area contributed by atoms with Crippen LogP contribution < -0.4 is 15.4 Å². The minimum absolute atomic E-state index is 0. The quantitative estimate of drug-likeness (QED) is 0.286. The van der Waals surface area contributed by atoms with E-state index in [1.165, 1.54) is 16.7 Å². The minimum Gasteiger partial charge on any atom is -0.488 e. The first-order chi connectivity index (χ1) is 14.3. The monoisotopic (exact) mass is 517 g/mol. The van der Waals surface area contributed by atoms with Crippen molar-refractivity contribution in [3.8, 4) is 5.75 Å². The molecule has 30 heavy (non-hydrogen) atoms. The molecule has 6 nitrogen and oxygen atoms in total. The first-order valence-corrected chi connectivity index (χ1v) is 10.1. The molecule has 3 aromatic rings. The Bertz CT molecular complexity index is 915. The van der Waals surface area contributed by atoms with Gasteiger partial charge in [-0.05, 0) is 29.7 Å². The van der Waals surface area contributed by atoms with E-state index >= 15 is 0 Å². The van der Waals surface area contributed by atoms with Gasteiger partial charge in [0.05, 0.1) is 19.4 Å². The fourth-order valence-electron chi connectivity index (χ4n) is 3.43. The Kier molecular flexibility index (Phi) is 8.12. The third-order valence-corrected chi connectivity index (χ3v) is 4.92. The van der Waals surface area contributed by atoms with Gasteiger partial charge in [0, 0.05) is 31.9 Å². The first kappa shape index (κ1) is 22.1. The molecule has 1 aliphatic rings. The molecule has 1 atom stereocenters. The van der Waals surface area contributed by atoms with E-state index < -0.39 is 0 Å². The van der Waals surface area contributed by atoms with Crippen molar-refractivity contribution >= 4 is 29.9 Å². The van der Waals surface area contributed by atoms with Crippen LogP contribution in [0.25, 0.3) is 0 Å². The van der Waals surface area contributed by atoms with Crippen LogP contribution in [-0.4, -0.2) is 34.7 Å². The van der Waals surface area contributed by atoms with E-state index in [9.17, 15) is 0 Å². The zero-order valence-electron chi connectivity index (χ0n) is 17.1. The van der Waals surface area contributed by atoms with Crippen molar-refractivity contribution in [2.45, 2.75) is 32.5 Å². The normalized spacial score (nSPS) is 15.1. The van der Waals surface area contributed by atoms with Crippen LogP contribution in [0.2, 0.25) is 0 Å². The maximum atomic E-state index is 6.00. The van der Waals surface area contributed by atoms with Gasteiger partial charge in [-0.3, -0.25) is 0 Å². The second-order valence-electron chi connectivity index (χ2n) is 7.18. The first-order valence-electron chi connectivity index (χ1n) is 10.1. The van der Waals surface area contributed by atoms with Crippen molar-refractivity contribution in [1.82, 2.24) is 20.2 Å². The van der Waals surface area contributed by atoms with Crippen LogP contribution in [0, 0.1) is 0 Å². The van der Waals surface area contributed by atoms with Gasteiger partial charge in [-0.15, -0.1) is 24.0 Å². The number of hydrogen-bond donors (Lipinski definition) is 2. The summed E-state index contributed by atoms with van der Waals surface area (Å²) in [5, 5.41) is 6.72. The molecular formula is C23H28IN5O. The summed E-state index contributed by atoms with van der Waals surface area (Å²) in [7, 11) is 0. The highest BCUT2D eigenvalue weighted by Gasteiger charge is 2.22. The van der Waals surface area contributed by atoms with E-state index in [4.69, 9.17) is 9.73 Å². The summed E-state index contributed by atoms with van der Waals surface area (Å²) in [6.07, 6.45) is 6.67. The fourth-order valence-corrected chi connectivity index (χ4v) is 3.43. The number of aliphatic imine (C=N–C) groups is 1. The van der Waals surface area contributed by atoms with Crippen molar-refractivity contribution in [1.29, 1.82) is 0 Å². The number of benzene rings is 2. The van der Waals surface area contributed by atoms with E-state index in [0.717, 1.165) is 37.8 Å². The molecule has 0 fully saturated rings. The summed E-state index contributed by atoms with van der Waals surface area (Å²) < 4.78 is 8.06. The Morgan fingerprint density at radius 2 is 1.93 bits per heavy atom. The van der Waals surface area contributed by atoms with Gasteiger partial charge < -0.3 is 19.9 Å². The number of nitrogens with one attached hydrogen (secondary N) is 2. The fraction of sp³-hybridized carbons (Fsp3) is 0.304. The highest BCUT2D eigenvalue weighted by Crippen LogP contribution is 2.27. The van der Waals surface area contributed by atoms with Gasteiger partial charge in [-0.25, -0.2) is 9.98 Å². The number of aromatic nitrogens is 2. The Labute approximate surface area is 194 Å². The lowest BCUT2D eigenvalue weighted by Crippen LogP contribution is -2.42. The van der Waals surface area contributed by atoms with Gasteiger partial charge >= 0.3 is 0 Å². The zero-order chi connectivity index (χ0) is 19.9. The number of guanidine groups is 1. The van der Waals surface area contributed by atoms with Gasteiger partial charge in [0.1, 0.15) is 11.9 Å². The standard InChI is InChI=1S/C23H27N5O.HI/c1-2-25-23(27-15-21-13-20-5-3-4-6-22(20)29-21)26-14-18-7-9-19(10-8-18)16-28-12-11-24-17-28;/h3-12,17,21H,2,13-16H2,1H3,(H2,25,26,27);1H. The molecule has 4 rings (SSSR count). The lowest BCUT2D eigenvalue weighted by atomic mass is 10.1. The summed E-state index contributed by atoms with van der Waals surface area (Å²) in [6, 6.07) is 16.8. The summed E-state index contributed by atoms with van der Waals surface area (Å²) in [4.78, 5) is 8.81.